The van der Waals surface area contributed by atoms with E-state index in [0.717, 1.165) is 25.1 Å². The number of rotatable bonds is 8. The second-order valence-electron chi connectivity index (χ2n) is 6.09. The van der Waals surface area contributed by atoms with Crippen molar-refractivity contribution < 1.29 is 4.74 Å². The molecule has 1 aliphatic carbocycles. The lowest BCUT2D eigenvalue weighted by atomic mass is 10.0. The third kappa shape index (κ3) is 4.52. The summed E-state index contributed by atoms with van der Waals surface area (Å²) in [5.41, 5.74) is 0. The van der Waals surface area contributed by atoms with Crippen LogP contribution in [0.1, 0.15) is 45.4 Å². The van der Waals surface area contributed by atoms with Gasteiger partial charge in [-0.2, -0.15) is 0 Å². The van der Waals surface area contributed by atoms with Crippen LogP contribution in [0, 0.1) is 5.92 Å². The van der Waals surface area contributed by atoms with E-state index < -0.39 is 0 Å². The zero-order chi connectivity index (χ0) is 12.8. The molecule has 3 nitrogen and oxygen atoms in total. The quantitative estimate of drug-likeness (QED) is 0.673. The number of piperidine rings is 1. The first-order valence-electron chi connectivity index (χ1n) is 7.77. The summed E-state index contributed by atoms with van der Waals surface area (Å²) in [5.74, 6) is 0.888. The van der Waals surface area contributed by atoms with E-state index in [0.29, 0.717) is 6.04 Å². The molecule has 1 saturated carbocycles. The Morgan fingerprint density at radius 3 is 2.78 bits per heavy atom. The van der Waals surface area contributed by atoms with Crippen LogP contribution < -0.4 is 5.32 Å². The highest BCUT2D eigenvalue weighted by Crippen LogP contribution is 2.32. The van der Waals surface area contributed by atoms with Gasteiger partial charge in [0, 0.05) is 19.2 Å². The molecule has 0 spiro atoms. The van der Waals surface area contributed by atoms with Gasteiger partial charge in [0.25, 0.3) is 0 Å². The van der Waals surface area contributed by atoms with Crippen molar-refractivity contribution in [2.45, 2.75) is 57.5 Å². The molecule has 2 rings (SSSR count). The maximum atomic E-state index is 5.30. The number of likely N-dealkylation sites (tertiary alicyclic amines) is 1. The molecule has 0 aromatic carbocycles. The van der Waals surface area contributed by atoms with Crippen LogP contribution >= 0.6 is 0 Å². The number of hydrogen-bond acceptors (Lipinski definition) is 3. The van der Waals surface area contributed by atoms with E-state index in [4.69, 9.17) is 4.74 Å². The second-order valence-corrected chi connectivity index (χ2v) is 6.09. The van der Waals surface area contributed by atoms with Gasteiger partial charge in [-0.3, -0.25) is 0 Å². The summed E-state index contributed by atoms with van der Waals surface area (Å²) < 4.78 is 5.30. The van der Waals surface area contributed by atoms with Gasteiger partial charge < -0.3 is 15.0 Å². The molecule has 1 saturated heterocycles. The Balaban J connectivity index is 1.56. The van der Waals surface area contributed by atoms with Gasteiger partial charge in [0.05, 0.1) is 6.61 Å². The molecule has 0 aromatic rings. The molecule has 1 aliphatic heterocycles. The predicted molar refractivity (Wildman–Crippen MR) is 75.9 cm³/mol. The van der Waals surface area contributed by atoms with Crippen LogP contribution in [-0.2, 0) is 4.74 Å². The van der Waals surface area contributed by atoms with Crippen LogP contribution in [0.5, 0.6) is 0 Å². The van der Waals surface area contributed by atoms with Crippen molar-refractivity contribution in [2.75, 3.05) is 33.4 Å². The average Bonchev–Trinajstić information content (AvgIpc) is 3.19. The third-order valence-electron chi connectivity index (χ3n) is 4.51. The highest BCUT2D eigenvalue weighted by molar-refractivity contribution is 4.86. The van der Waals surface area contributed by atoms with Crippen molar-refractivity contribution in [3.05, 3.63) is 0 Å². The van der Waals surface area contributed by atoms with E-state index in [-0.39, 0.29) is 0 Å². The van der Waals surface area contributed by atoms with Gasteiger partial charge >= 0.3 is 0 Å². The minimum Gasteiger partial charge on any atom is -0.383 e. The average molecular weight is 254 g/mol. The fourth-order valence-corrected chi connectivity index (χ4v) is 3.10. The normalized spacial score (nSPS) is 27.3. The first kappa shape index (κ1) is 14.3. The highest BCUT2D eigenvalue weighted by Gasteiger charge is 2.30. The first-order chi connectivity index (χ1) is 8.81. The van der Waals surface area contributed by atoms with Crippen molar-refractivity contribution >= 4 is 0 Å². The summed E-state index contributed by atoms with van der Waals surface area (Å²) in [6, 6.07) is 1.41. The van der Waals surface area contributed by atoms with E-state index in [1.165, 1.54) is 51.6 Å². The van der Waals surface area contributed by atoms with Gasteiger partial charge in [0.1, 0.15) is 0 Å². The van der Waals surface area contributed by atoms with Crippen LogP contribution in [0.2, 0.25) is 0 Å². The molecule has 1 heterocycles. The lowest BCUT2D eigenvalue weighted by Gasteiger charge is -2.33. The third-order valence-corrected chi connectivity index (χ3v) is 4.51. The maximum Gasteiger partial charge on any atom is 0.0618 e. The number of methoxy groups -OCH3 is 1. The molecule has 2 unspecified atom stereocenters. The molecule has 0 aromatic heterocycles. The minimum atomic E-state index is 0.605. The number of nitrogens with zero attached hydrogens (tertiary/aromatic N) is 1. The SMILES string of the molecule is COCC(NCCCN1CCCCC1C)C1CC1. The van der Waals surface area contributed by atoms with Crippen molar-refractivity contribution in [1.29, 1.82) is 0 Å². The van der Waals surface area contributed by atoms with E-state index in [1.807, 2.05) is 7.11 Å². The van der Waals surface area contributed by atoms with Crippen LogP contribution in [0.15, 0.2) is 0 Å². The lowest BCUT2D eigenvalue weighted by Crippen LogP contribution is -2.40. The molecule has 106 valence electrons. The van der Waals surface area contributed by atoms with Crippen molar-refractivity contribution in [3.8, 4) is 0 Å². The van der Waals surface area contributed by atoms with Gasteiger partial charge in [-0.05, 0) is 64.6 Å². The van der Waals surface area contributed by atoms with Gasteiger partial charge in [-0.15, -0.1) is 0 Å². The van der Waals surface area contributed by atoms with Crippen LogP contribution in [0.25, 0.3) is 0 Å². The van der Waals surface area contributed by atoms with E-state index in [9.17, 15) is 0 Å². The fourth-order valence-electron chi connectivity index (χ4n) is 3.10. The maximum absolute atomic E-state index is 5.30. The number of nitrogens with one attached hydrogen (secondary N) is 1. The molecular weight excluding hydrogens is 224 g/mol. The summed E-state index contributed by atoms with van der Waals surface area (Å²) in [6.07, 6.45) is 8.27. The summed E-state index contributed by atoms with van der Waals surface area (Å²) >= 11 is 0. The highest BCUT2D eigenvalue weighted by atomic mass is 16.5. The molecule has 2 aliphatic rings. The number of hydrogen-bond donors (Lipinski definition) is 1. The predicted octanol–water partition coefficient (Wildman–Crippen LogP) is 2.27. The molecule has 0 amide bonds. The van der Waals surface area contributed by atoms with E-state index in [2.05, 4.69) is 17.1 Å². The van der Waals surface area contributed by atoms with Gasteiger partial charge in [0.15, 0.2) is 0 Å². The smallest absolute Gasteiger partial charge is 0.0618 e. The second kappa shape index (κ2) is 7.46. The zero-order valence-electron chi connectivity index (χ0n) is 12.2. The monoisotopic (exact) mass is 254 g/mol. The Bertz CT molecular complexity index is 225. The largest absolute Gasteiger partial charge is 0.383 e. The summed E-state index contributed by atoms with van der Waals surface area (Å²) in [7, 11) is 1.81. The van der Waals surface area contributed by atoms with E-state index >= 15 is 0 Å². The minimum absolute atomic E-state index is 0.605. The van der Waals surface area contributed by atoms with Crippen molar-refractivity contribution in [3.63, 3.8) is 0 Å². The molecule has 0 bridgehead atoms. The fraction of sp³-hybridized carbons (Fsp3) is 1.00. The van der Waals surface area contributed by atoms with E-state index in [1.54, 1.807) is 0 Å². The Labute approximate surface area is 112 Å². The standard InChI is InChI=1S/C15H30N2O/c1-13-6-3-4-10-17(13)11-5-9-16-15(12-18-2)14-7-8-14/h13-16H,3-12H2,1-2H3. The first-order valence-corrected chi connectivity index (χ1v) is 7.77. The van der Waals surface area contributed by atoms with Gasteiger partial charge in [0.2, 0.25) is 0 Å². The lowest BCUT2D eigenvalue weighted by molar-refractivity contribution is 0.147. The summed E-state index contributed by atoms with van der Waals surface area (Å²) in [4.78, 5) is 2.66. The van der Waals surface area contributed by atoms with Crippen LogP contribution in [-0.4, -0.2) is 50.3 Å². The molecule has 3 heteroatoms. The molecular formula is C15H30N2O. The topological polar surface area (TPSA) is 24.5 Å². The Kier molecular flexibility index (Phi) is 5.93. The van der Waals surface area contributed by atoms with Crippen LogP contribution in [0.3, 0.4) is 0 Å². The van der Waals surface area contributed by atoms with Crippen molar-refractivity contribution in [2.24, 2.45) is 5.92 Å². The Hall–Kier alpha value is -0.120. The molecule has 2 fully saturated rings. The summed E-state index contributed by atoms with van der Waals surface area (Å²) in [6.45, 7) is 6.98. The van der Waals surface area contributed by atoms with Crippen LogP contribution in [0.4, 0.5) is 0 Å². The molecule has 2 atom stereocenters. The molecule has 18 heavy (non-hydrogen) atoms. The number of ether oxygens (including phenoxy) is 1. The zero-order valence-corrected chi connectivity index (χ0v) is 12.2. The molecule has 0 radical (unpaired) electrons. The van der Waals surface area contributed by atoms with Gasteiger partial charge in [-0.25, -0.2) is 0 Å². The van der Waals surface area contributed by atoms with Gasteiger partial charge in [-0.1, -0.05) is 6.42 Å². The Morgan fingerprint density at radius 1 is 1.28 bits per heavy atom. The Morgan fingerprint density at radius 2 is 2.11 bits per heavy atom. The van der Waals surface area contributed by atoms with Crippen molar-refractivity contribution in [1.82, 2.24) is 10.2 Å². The molecule has 1 N–H and O–H groups in total. The summed E-state index contributed by atoms with van der Waals surface area (Å²) in [5, 5.41) is 3.69.